The highest BCUT2D eigenvalue weighted by atomic mass is 19.1. The smallest absolute Gasteiger partial charge is 0.320 e. The van der Waals surface area contributed by atoms with E-state index in [1.807, 2.05) is 0 Å². The Labute approximate surface area is 141 Å². The van der Waals surface area contributed by atoms with E-state index in [0.29, 0.717) is 24.3 Å². The normalized spacial score (nSPS) is 14.5. The van der Waals surface area contributed by atoms with Crippen LogP contribution in [0.2, 0.25) is 0 Å². The number of aromatic amines is 1. The first kappa shape index (κ1) is 16.5. The van der Waals surface area contributed by atoms with Gasteiger partial charge in [0.15, 0.2) is 0 Å². The topological polar surface area (TPSA) is 61.0 Å². The number of aryl methyl sites for hydroxylation is 1. The molecule has 0 fully saturated rings. The van der Waals surface area contributed by atoms with E-state index in [9.17, 15) is 9.18 Å². The minimum atomic E-state index is -0.274. The molecule has 0 radical (unpaired) electrons. The second-order valence-electron chi connectivity index (χ2n) is 7.34. The Morgan fingerprint density at radius 3 is 2.79 bits per heavy atom. The Bertz CT molecular complexity index is 776. The van der Waals surface area contributed by atoms with E-state index in [2.05, 4.69) is 36.3 Å². The molecule has 2 heterocycles. The molecule has 128 valence electrons. The largest absolute Gasteiger partial charge is 0.322 e. The summed E-state index contributed by atoms with van der Waals surface area (Å²) in [7, 11) is 0. The van der Waals surface area contributed by atoms with Crippen LogP contribution < -0.4 is 5.32 Å². The summed E-state index contributed by atoms with van der Waals surface area (Å²) >= 11 is 0. The molecule has 2 aromatic rings. The fourth-order valence-electron chi connectivity index (χ4n) is 3.01. The van der Waals surface area contributed by atoms with E-state index in [0.717, 1.165) is 23.4 Å². The second-order valence-corrected chi connectivity index (χ2v) is 7.34. The van der Waals surface area contributed by atoms with E-state index >= 15 is 0 Å². The van der Waals surface area contributed by atoms with Crippen molar-refractivity contribution >= 4 is 11.7 Å². The molecule has 24 heavy (non-hydrogen) atoms. The molecule has 0 atom stereocenters. The zero-order valence-electron chi connectivity index (χ0n) is 14.5. The number of hydrogen-bond donors (Lipinski definition) is 2. The highest BCUT2D eigenvalue weighted by Gasteiger charge is 2.29. The van der Waals surface area contributed by atoms with Gasteiger partial charge in [-0.15, -0.1) is 0 Å². The maximum atomic E-state index is 13.3. The lowest BCUT2D eigenvalue weighted by molar-refractivity contribution is 0.206. The van der Waals surface area contributed by atoms with Crippen LogP contribution in [0.5, 0.6) is 0 Å². The number of nitrogens with one attached hydrogen (secondary N) is 2. The SMILES string of the molecule is Cc1cc(NC(=O)N2CCc3[nH]nc(C(C)(C)C)c3C2)ccc1F. The highest BCUT2D eigenvalue weighted by molar-refractivity contribution is 5.89. The van der Waals surface area contributed by atoms with Gasteiger partial charge in [-0.1, -0.05) is 20.8 Å². The van der Waals surface area contributed by atoms with Crippen molar-refractivity contribution < 1.29 is 9.18 Å². The number of carbonyl (C=O) groups is 1. The molecule has 5 nitrogen and oxygen atoms in total. The van der Waals surface area contributed by atoms with Crippen molar-refractivity contribution in [3.8, 4) is 0 Å². The van der Waals surface area contributed by atoms with Gasteiger partial charge in [-0.25, -0.2) is 9.18 Å². The molecule has 0 saturated carbocycles. The lowest BCUT2D eigenvalue weighted by Crippen LogP contribution is -2.39. The first-order valence-electron chi connectivity index (χ1n) is 8.14. The van der Waals surface area contributed by atoms with Gasteiger partial charge in [0.1, 0.15) is 5.82 Å². The number of carbonyl (C=O) groups excluding carboxylic acids is 1. The lowest BCUT2D eigenvalue weighted by Gasteiger charge is -2.29. The number of hydrogen-bond acceptors (Lipinski definition) is 2. The minimum absolute atomic E-state index is 0.0718. The fraction of sp³-hybridized carbons (Fsp3) is 0.444. The van der Waals surface area contributed by atoms with Crippen molar-refractivity contribution in [2.24, 2.45) is 0 Å². The molecular formula is C18H23FN4O. The first-order valence-corrected chi connectivity index (χ1v) is 8.14. The highest BCUT2D eigenvalue weighted by Crippen LogP contribution is 2.29. The zero-order valence-corrected chi connectivity index (χ0v) is 14.5. The summed E-state index contributed by atoms with van der Waals surface area (Å²) in [4.78, 5) is 14.3. The number of anilines is 1. The Morgan fingerprint density at radius 2 is 2.12 bits per heavy atom. The van der Waals surface area contributed by atoms with Crippen molar-refractivity contribution in [3.63, 3.8) is 0 Å². The minimum Gasteiger partial charge on any atom is -0.320 e. The fourth-order valence-corrected chi connectivity index (χ4v) is 3.01. The maximum absolute atomic E-state index is 13.3. The van der Waals surface area contributed by atoms with E-state index in [1.165, 1.54) is 6.07 Å². The molecular weight excluding hydrogens is 307 g/mol. The van der Waals surface area contributed by atoms with E-state index in [1.54, 1.807) is 24.0 Å². The average molecular weight is 330 g/mol. The van der Waals surface area contributed by atoms with Crippen LogP contribution in [-0.2, 0) is 18.4 Å². The summed E-state index contributed by atoms with van der Waals surface area (Å²) in [5.74, 6) is -0.274. The van der Waals surface area contributed by atoms with E-state index in [-0.39, 0.29) is 17.3 Å². The van der Waals surface area contributed by atoms with Gasteiger partial charge in [0.05, 0.1) is 12.2 Å². The van der Waals surface area contributed by atoms with E-state index in [4.69, 9.17) is 0 Å². The van der Waals surface area contributed by atoms with Crippen LogP contribution in [0.3, 0.4) is 0 Å². The molecule has 2 amide bonds. The second kappa shape index (κ2) is 5.92. The van der Waals surface area contributed by atoms with E-state index < -0.39 is 0 Å². The molecule has 0 unspecified atom stereocenters. The van der Waals surface area contributed by atoms with Crippen LogP contribution in [0, 0.1) is 12.7 Å². The number of halogens is 1. The van der Waals surface area contributed by atoms with Gasteiger partial charge in [0.25, 0.3) is 0 Å². The van der Waals surface area contributed by atoms with Crippen molar-refractivity contribution in [2.75, 3.05) is 11.9 Å². The molecule has 0 aliphatic carbocycles. The maximum Gasteiger partial charge on any atom is 0.322 e. The Hall–Kier alpha value is -2.37. The van der Waals surface area contributed by atoms with Crippen LogP contribution in [-0.4, -0.2) is 27.7 Å². The molecule has 6 heteroatoms. The van der Waals surface area contributed by atoms with Gasteiger partial charge in [0.2, 0.25) is 0 Å². The first-order chi connectivity index (χ1) is 11.3. The molecule has 1 aliphatic rings. The van der Waals surface area contributed by atoms with Gasteiger partial charge >= 0.3 is 6.03 Å². The third-order valence-electron chi connectivity index (χ3n) is 4.34. The number of H-pyrrole nitrogens is 1. The Balaban J connectivity index is 1.76. The third-order valence-corrected chi connectivity index (χ3v) is 4.34. The lowest BCUT2D eigenvalue weighted by atomic mass is 9.87. The van der Waals surface area contributed by atoms with Gasteiger partial charge < -0.3 is 10.2 Å². The molecule has 2 N–H and O–H groups in total. The monoisotopic (exact) mass is 330 g/mol. The summed E-state index contributed by atoms with van der Waals surface area (Å²) in [6.45, 7) is 9.19. The predicted octanol–water partition coefficient (Wildman–Crippen LogP) is 3.74. The van der Waals surface area contributed by atoms with Gasteiger partial charge in [0, 0.05) is 35.3 Å². The van der Waals surface area contributed by atoms with Crippen molar-refractivity contribution in [2.45, 2.75) is 46.1 Å². The average Bonchev–Trinajstić information content (AvgIpc) is 2.94. The summed E-state index contributed by atoms with van der Waals surface area (Å²) in [6.07, 6.45) is 0.758. The van der Waals surface area contributed by atoms with Crippen LogP contribution in [0.15, 0.2) is 18.2 Å². The van der Waals surface area contributed by atoms with Crippen molar-refractivity contribution in [3.05, 3.63) is 46.5 Å². The molecule has 0 spiro atoms. The van der Waals surface area contributed by atoms with Crippen LogP contribution in [0.25, 0.3) is 0 Å². The number of urea groups is 1. The van der Waals surface area contributed by atoms with Gasteiger partial charge in [-0.3, -0.25) is 5.10 Å². The molecule has 3 rings (SSSR count). The van der Waals surface area contributed by atoms with Gasteiger partial charge in [-0.05, 0) is 30.7 Å². The number of fused-ring (bicyclic) bond motifs is 1. The number of amides is 2. The number of aromatic nitrogens is 2. The quantitative estimate of drug-likeness (QED) is 0.836. The molecule has 1 aliphatic heterocycles. The number of rotatable bonds is 1. The summed E-state index contributed by atoms with van der Waals surface area (Å²) < 4.78 is 13.3. The van der Waals surface area contributed by atoms with Crippen LogP contribution >= 0.6 is 0 Å². The summed E-state index contributed by atoms with van der Waals surface area (Å²) in [5.41, 5.74) is 4.28. The number of benzene rings is 1. The molecule has 0 saturated heterocycles. The van der Waals surface area contributed by atoms with Crippen molar-refractivity contribution in [1.82, 2.24) is 15.1 Å². The van der Waals surface area contributed by atoms with Crippen molar-refractivity contribution in [1.29, 1.82) is 0 Å². The van der Waals surface area contributed by atoms with Crippen LogP contribution in [0.4, 0.5) is 14.9 Å². The summed E-state index contributed by atoms with van der Waals surface area (Å²) in [5, 5.41) is 10.4. The van der Waals surface area contributed by atoms with Crippen LogP contribution in [0.1, 0.15) is 43.3 Å². The Morgan fingerprint density at radius 1 is 1.38 bits per heavy atom. The number of nitrogens with zero attached hydrogens (tertiary/aromatic N) is 2. The zero-order chi connectivity index (χ0) is 17.5. The molecule has 0 bridgehead atoms. The molecule has 1 aromatic carbocycles. The molecule has 1 aromatic heterocycles. The van der Waals surface area contributed by atoms with Gasteiger partial charge in [-0.2, -0.15) is 5.10 Å². The third kappa shape index (κ3) is 3.13. The Kier molecular flexibility index (Phi) is 4.07. The standard InChI is InChI=1S/C18H23FN4O/c1-11-9-12(5-6-14(11)19)20-17(24)23-8-7-15-13(10-23)16(22-21-15)18(2,3)4/h5-6,9H,7-8,10H2,1-4H3,(H,20,24)(H,21,22). The summed E-state index contributed by atoms with van der Waals surface area (Å²) in [6, 6.07) is 4.41. The predicted molar refractivity (Wildman–Crippen MR) is 91.6 cm³/mol.